The van der Waals surface area contributed by atoms with Crippen LogP contribution in [0.15, 0.2) is 0 Å². The summed E-state index contributed by atoms with van der Waals surface area (Å²) in [5, 5.41) is 154. The number of nitrogens with one attached hydrogen (secondary N) is 3. The molecule has 3 aliphatic rings. The molecule has 348 valence electrons. The Balaban J connectivity index is 2.24. The van der Waals surface area contributed by atoms with Gasteiger partial charge in [-0.25, -0.2) is 4.79 Å². The van der Waals surface area contributed by atoms with Gasteiger partial charge in [-0.2, -0.15) is 0 Å². The van der Waals surface area contributed by atoms with E-state index >= 15 is 0 Å². The van der Waals surface area contributed by atoms with E-state index in [1.165, 1.54) is 0 Å². The molecule has 0 spiro atoms. The van der Waals surface area contributed by atoms with Crippen molar-refractivity contribution in [3.05, 3.63) is 0 Å². The normalized spacial score (nSPS) is 37.8. The number of hydrogen-bond donors (Lipinski definition) is 17. The maximum absolute atomic E-state index is 13.2. The Morgan fingerprint density at radius 3 is 1.78 bits per heavy atom. The molecular formula is C33H57N3O24. The van der Waals surface area contributed by atoms with Crippen LogP contribution in [-0.4, -0.2) is 250 Å². The lowest BCUT2D eigenvalue weighted by Gasteiger charge is -2.52. The fourth-order valence-corrected chi connectivity index (χ4v) is 7.05. The van der Waals surface area contributed by atoms with Crippen LogP contribution in [0, 0.1) is 0 Å². The summed E-state index contributed by atoms with van der Waals surface area (Å²) in [5.41, 5.74) is 0. The third-order valence-electron chi connectivity index (χ3n) is 10.0. The number of carbonyl (C=O) groups excluding carboxylic acids is 3. The number of aliphatic carboxylic acids is 1. The van der Waals surface area contributed by atoms with Crippen LogP contribution >= 0.6 is 0 Å². The molecule has 0 saturated carbocycles. The van der Waals surface area contributed by atoms with E-state index in [9.17, 15) is 90.7 Å². The molecular weight excluding hydrogens is 822 g/mol. The first-order chi connectivity index (χ1) is 28.1. The van der Waals surface area contributed by atoms with E-state index in [0.29, 0.717) is 0 Å². The van der Waals surface area contributed by atoms with Gasteiger partial charge in [0, 0.05) is 27.2 Å². The highest BCUT2D eigenvalue weighted by Crippen LogP contribution is 2.39. The molecule has 0 aromatic rings. The SMILES string of the molecule is CC(=O)NC(CO)C(OC1OC(CO)C(OC2OC(CO)C(O)C(O)C2NC(C)=O)C(OC2(C(=O)O)CC(O)C(NC(C)=O)C(C(O)C(O)CO)O2)C1O)C(O)C(O)CO. The topological polar surface area (TPSA) is 443 Å². The highest BCUT2D eigenvalue weighted by atomic mass is 16.8. The minimum absolute atomic E-state index is 0.812. The van der Waals surface area contributed by atoms with E-state index in [1.807, 2.05) is 0 Å². The molecule has 0 aromatic heterocycles. The molecule has 0 radical (unpaired) electrons. The molecule has 3 aliphatic heterocycles. The summed E-state index contributed by atoms with van der Waals surface area (Å²) in [6.45, 7) is -2.43. The molecule has 20 unspecified atom stereocenters. The number of aliphatic hydroxyl groups excluding tert-OH is 13. The van der Waals surface area contributed by atoms with E-state index in [4.69, 9.17) is 28.4 Å². The number of ether oxygens (including phenoxy) is 6. The number of carbonyl (C=O) groups is 4. The van der Waals surface area contributed by atoms with Gasteiger partial charge in [-0.05, 0) is 0 Å². The lowest BCUT2D eigenvalue weighted by molar-refractivity contribution is -0.393. The van der Waals surface area contributed by atoms with Crippen LogP contribution in [0.1, 0.15) is 27.2 Å². The van der Waals surface area contributed by atoms with Crippen LogP contribution in [0.5, 0.6) is 0 Å². The van der Waals surface area contributed by atoms with Gasteiger partial charge in [0.2, 0.25) is 17.7 Å². The maximum Gasteiger partial charge on any atom is 0.364 e. The van der Waals surface area contributed by atoms with Gasteiger partial charge >= 0.3 is 5.97 Å². The summed E-state index contributed by atoms with van der Waals surface area (Å²) in [5.74, 6) is -7.85. The Hall–Kier alpha value is -2.88. The zero-order valence-corrected chi connectivity index (χ0v) is 32.6. The highest BCUT2D eigenvalue weighted by molar-refractivity contribution is 5.77. The van der Waals surface area contributed by atoms with Gasteiger partial charge in [0.25, 0.3) is 5.79 Å². The van der Waals surface area contributed by atoms with Gasteiger partial charge in [0.1, 0.15) is 85.4 Å². The number of carboxylic acids is 1. The third-order valence-corrected chi connectivity index (χ3v) is 10.0. The van der Waals surface area contributed by atoms with Gasteiger partial charge in [-0.15, -0.1) is 0 Å². The monoisotopic (exact) mass is 879 g/mol. The Morgan fingerprint density at radius 1 is 0.717 bits per heavy atom. The molecule has 3 saturated heterocycles. The minimum atomic E-state index is -3.27. The standard InChI is InChI=1S/C33H57N3O24/c1-10(42)34-13(5-37)26(21(48)15(46)6-38)57-31-25(52)29(27(18(9-41)56-31)58-30-20(36-12(3)44)24(51)23(50)17(8-40)55-30)60-33(32(53)54)4-14(45)19(35-11(2)43)28(59-33)22(49)16(47)7-39/h13-31,37-41,45-52H,4-9H2,1-3H3,(H,34,42)(H,35,43)(H,36,44)(H,53,54). The van der Waals surface area contributed by atoms with Crippen molar-refractivity contribution >= 4 is 23.7 Å². The van der Waals surface area contributed by atoms with Gasteiger partial charge < -0.3 is 116 Å². The fourth-order valence-electron chi connectivity index (χ4n) is 7.05. The van der Waals surface area contributed by atoms with Crippen LogP contribution in [-0.2, 0) is 47.6 Å². The molecule has 3 rings (SSSR count). The molecule has 60 heavy (non-hydrogen) atoms. The average molecular weight is 880 g/mol. The summed E-state index contributed by atoms with van der Waals surface area (Å²) in [6, 6.07) is -5.04. The van der Waals surface area contributed by atoms with Crippen molar-refractivity contribution in [2.24, 2.45) is 0 Å². The van der Waals surface area contributed by atoms with E-state index in [1.54, 1.807) is 0 Å². The predicted octanol–water partition coefficient (Wildman–Crippen LogP) is -10.5. The molecule has 3 heterocycles. The molecule has 27 heteroatoms. The average Bonchev–Trinajstić information content (AvgIpc) is 3.19. The van der Waals surface area contributed by atoms with Gasteiger partial charge in [0.15, 0.2) is 12.6 Å². The molecule has 0 aliphatic carbocycles. The van der Waals surface area contributed by atoms with Crippen molar-refractivity contribution in [2.75, 3.05) is 33.0 Å². The maximum atomic E-state index is 13.2. The zero-order valence-electron chi connectivity index (χ0n) is 32.6. The molecule has 27 nitrogen and oxygen atoms in total. The van der Waals surface area contributed by atoms with Crippen molar-refractivity contribution in [3.8, 4) is 0 Å². The first-order valence-electron chi connectivity index (χ1n) is 18.6. The van der Waals surface area contributed by atoms with Crippen LogP contribution in [0.2, 0.25) is 0 Å². The second-order valence-corrected chi connectivity index (χ2v) is 14.5. The molecule has 17 N–H and O–H groups in total. The van der Waals surface area contributed by atoms with Crippen molar-refractivity contribution < 1.29 is 119 Å². The number of amides is 3. The zero-order chi connectivity index (χ0) is 45.4. The number of rotatable bonds is 20. The number of carboxylic acid groups (broad SMARTS) is 1. The van der Waals surface area contributed by atoms with Crippen molar-refractivity contribution in [1.29, 1.82) is 0 Å². The largest absolute Gasteiger partial charge is 0.477 e. The summed E-state index contributed by atoms with van der Waals surface area (Å²) < 4.78 is 34.7. The Bertz CT molecular complexity index is 1420. The number of aliphatic hydroxyl groups is 13. The molecule has 3 fully saturated rings. The summed E-state index contributed by atoms with van der Waals surface area (Å²) >= 11 is 0. The smallest absolute Gasteiger partial charge is 0.364 e. The van der Waals surface area contributed by atoms with E-state index < -0.39 is 185 Å². The van der Waals surface area contributed by atoms with Gasteiger partial charge in [-0.3, -0.25) is 14.4 Å². The predicted molar refractivity (Wildman–Crippen MR) is 188 cm³/mol. The van der Waals surface area contributed by atoms with E-state index in [0.717, 1.165) is 20.8 Å². The van der Waals surface area contributed by atoms with Crippen molar-refractivity contribution in [3.63, 3.8) is 0 Å². The van der Waals surface area contributed by atoms with Crippen LogP contribution < -0.4 is 16.0 Å². The quantitative estimate of drug-likeness (QED) is 0.0540. The van der Waals surface area contributed by atoms with E-state index in [2.05, 4.69) is 16.0 Å². The van der Waals surface area contributed by atoms with Gasteiger partial charge in [0.05, 0.1) is 51.2 Å². The lowest BCUT2D eigenvalue weighted by Crippen LogP contribution is -2.72. The molecule has 3 amide bonds. The van der Waals surface area contributed by atoms with Crippen molar-refractivity contribution in [2.45, 2.75) is 149 Å². The lowest BCUT2D eigenvalue weighted by atomic mass is 9.88. The Morgan fingerprint density at radius 2 is 1.28 bits per heavy atom. The summed E-state index contributed by atoms with van der Waals surface area (Å²) in [4.78, 5) is 49.5. The molecule has 0 aromatic carbocycles. The fraction of sp³-hybridized carbons (Fsp3) is 0.879. The molecule has 0 bridgehead atoms. The van der Waals surface area contributed by atoms with Crippen LogP contribution in [0.25, 0.3) is 0 Å². The highest BCUT2D eigenvalue weighted by Gasteiger charge is 2.61. The summed E-state index contributed by atoms with van der Waals surface area (Å²) in [6.07, 6.45) is -34.4. The van der Waals surface area contributed by atoms with Crippen LogP contribution in [0.3, 0.4) is 0 Å². The minimum Gasteiger partial charge on any atom is -0.477 e. The van der Waals surface area contributed by atoms with Gasteiger partial charge in [-0.1, -0.05) is 0 Å². The Labute approximate surface area is 340 Å². The first-order valence-corrected chi connectivity index (χ1v) is 18.6. The summed E-state index contributed by atoms with van der Waals surface area (Å²) in [7, 11) is 0. The molecule has 20 atom stereocenters. The van der Waals surface area contributed by atoms with Crippen LogP contribution in [0.4, 0.5) is 0 Å². The number of hydrogen-bond acceptors (Lipinski definition) is 23. The third kappa shape index (κ3) is 12.0. The van der Waals surface area contributed by atoms with E-state index in [-0.39, 0.29) is 0 Å². The Kier molecular flexibility index (Phi) is 19.3. The second kappa shape index (κ2) is 22.5. The van der Waals surface area contributed by atoms with Crippen molar-refractivity contribution in [1.82, 2.24) is 16.0 Å². The first kappa shape index (κ1) is 51.5. The second-order valence-electron chi connectivity index (χ2n) is 14.5.